The molecule has 3 heterocycles. The Labute approximate surface area is 192 Å². The van der Waals surface area contributed by atoms with Gasteiger partial charge in [-0.25, -0.2) is 18.7 Å². The van der Waals surface area contributed by atoms with Crippen molar-refractivity contribution >= 4 is 22.5 Å². The molecule has 0 amide bonds. The van der Waals surface area contributed by atoms with Gasteiger partial charge in [0.25, 0.3) is 5.92 Å². The van der Waals surface area contributed by atoms with Crippen LogP contribution in [0.5, 0.6) is 5.88 Å². The first-order valence-corrected chi connectivity index (χ1v) is 11.1. The Hall–Kier alpha value is -3.07. The van der Waals surface area contributed by atoms with Crippen LogP contribution in [-0.2, 0) is 5.92 Å². The van der Waals surface area contributed by atoms with Crippen LogP contribution in [0.2, 0.25) is 0 Å². The molecule has 1 saturated heterocycles. The molecule has 4 rings (SSSR count). The molecule has 0 aliphatic carbocycles. The number of aromatic nitrogens is 3. The van der Waals surface area contributed by atoms with E-state index in [1.54, 1.807) is 20.1 Å². The smallest absolute Gasteiger partial charge is 0.270 e. The number of rotatable bonds is 6. The number of hydrogen-bond donors (Lipinski definition) is 1. The van der Waals surface area contributed by atoms with Crippen molar-refractivity contribution in [2.75, 3.05) is 50.6 Å². The highest BCUT2D eigenvalue weighted by Crippen LogP contribution is 2.36. The third-order valence-electron chi connectivity index (χ3n) is 6.28. The number of methoxy groups -OCH3 is 1. The first-order valence-electron chi connectivity index (χ1n) is 11.1. The summed E-state index contributed by atoms with van der Waals surface area (Å²) in [5, 5.41) is 4.15. The molecular formula is C24H30F2N6O. The van der Waals surface area contributed by atoms with Crippen molar-refractivity contribution in [2.24, 2.45) is 0 Å². The molecule has 176 valence electrons. The van der Waals surface area contributed by atoms with Crippen LogP contribution >= 0.6 is 0 Å². The lowest BCUT2D eigenvalue weighted by Crippen LogP contribution is -2.44. The zero-order valence-corrected chi connectivity index (χ0v) is 19.7. The first-order chi connectivity index (χ1) is 15.7. The Morgan fingerprint density at radius 2 is 1.88 bits per heavy atom. The monoisotopic (exact) mass is 456 g/mol. The largest absolute Gasteiger partial charge is 0.479 e. The van der Waals surface area contributed by atoms with E-state index in [1.165, 1.54) is 12.4 Å². The quantitative estimate of drug-likeness (QED) is 0.591. The summed E-state index contributed by atoms with van der Waals surface area (Å²) in [6.07, 6.45) is 1.45. The number of pyridine rings is 1. The standard InChI is InChI=1S/C24H30F2N6O/c1-15-17(7-6-8-19(15)24(3,25)26)16(2)29-21-18-13-20(32-11-9-31(4)10-12-32)23(33-5)30-22(18)28-14-27-21/h6-8,13-14,16H,9-12H2,1-5H3,(H,27,28,29,30)/t16-/m1/s1. The zero-order valence-electron chi connectivity index (χ0n) is 19.7. The fourth-order valence-corrected chi connectivity index (χ4v) is 4.38. The fourth-order valence-electron chi connectivity index (χ4n) is 4.38. The van der Waals surface area contributed by atoms with Crippen LogP contribution in [-0.4, -0.2) is 60.2 Å². The van der Waals surface area contributed by atoms with Crippen LogP contribution in [0.4, 0.5) is 20.3 Å². The average molecular weight is 457 g/mol. The topological polar surface area (TPSA) is 66.4 Å². The highest BCUT2D eigenvalue weighted by molar-refractivity contribution is 5.90. The van der Waals surface area contributed by atoms with Gasteiger partial charge in [0.1, 0.15) is 17.8 Å². The second-order valence-electron chi connectivity index (χ2n) is 8.67. The maximum atomic E-state index is 14.0. The summed E-state index contributed by atoms with van der Waals surface area (Å²) in [7, 11) is 3.71. The van der Waals surface area contributed by atoms with Crippen LogP contribution in [0, 0.1) is 6.92 Å². The van der Waals surface area contributed by atoms with Crippen molar-refractivity contribution in [1.82, 2.24) is 19.9 Å². The van der Waals surface area contributed by atoms with Crippen molar-refractivity contribution < 1.29 is 13.5 Å². The van der Waals surface area contributed by atoms with Crippen molar-refractivity contribution in [3.05, 3.63) is 47.3 Å². The van der Waals surface area contributed by atoms with Gasteiger partial charge in [-0.05, 0) is 38.1 Å². The van der Waals surface area contributed by atoms with Crippen molar-refractivity contribution in [1.29, 1.82) is 0 Å². The normalized spacial score (nSPS) is 16.2. The highest BCUT2D eigenvalue weighted by Gasteiger charge is 2.28. The van der Waals surface area contributed by atoms with E-state index >= 15 is 0 Å². The van der Waals surface area contributed by atoms with E-state index in [1.807, 2.05) is 19.1 Å². The number of benzene rings is 1. The number of nitrogens with zero attached hydrogens (tertiary/aromatic N) is 5. The van der Waals surface area contributed by atoms with Crippen LogP contribution in [0.1, 0.15) is 36.6 Å². The number of piperazine rings is 1. The van der Waals surface area contributed by atoms with Gasteiger partial charge in [-0.2, -0.15) is 4.98 Å². The molecule has 1 aromatic carbocycles. The molecule has 33 heavy (non-hydrogen) atoms. The molecule has 3 aromatic rings. The number of alkyl halides is 2. The predicted octanol–water partition coefficient (Wildman–Crippen LogP) is 4.38. The SMILES string of the molecule is COc1nc2ncnc(N[C@H](C)c3cccc(C(C)(F)F)c3C)c2cc1N1CCN(C)CC1. The molecule has 9 heteroatoms. The second-order valence-corrected chi connectivity index (χ2v) is 8.67. The van der Waals surface area contributed by atoms with Gasteiger partial charge in [0.2, 0.25) is 5.88 Å². The Morgan fingerprint density at radius 3 is 2.55 bits per heavy atom. The molecule has 2 aromatic heterocycles. The van der Waals surface area contributed by atoms with Gasteiger partial charge >= 0.3 is 0 Å². The Kier molecular flexibility index (Phi) is 6.34. The average Bonchev–Trinajstić information content (AvgIpc) is 2.78. The van der Waals surface area contributed by atoms with E-state index in [0.717, 1.165) is 49.7 Å². The molecule has 0 unspecified atom stereocenters. The zero-order chi connectivity index (χ0) is 23.8. The van der Waals surface area contributed by atoms with Gasteiger partial charge in [-0.1, -0.05) is 18.2 Å². The van der Waals surface area contributed by atoms with Gasteiger partial charge < -0.3 is 19.9 Å². The third-order valence-corrected chi connectivity index (χ3v) is 6.28. The molecule has 1 aliphatic heterocycles. The molecule has 1 aliphatic rings. The summed E-state index contributed by atoms with van der Waals surface area (Å²) in [5.41, 5.74) is 2.81. The summed E-state index contributed by atoms with van der Waals surface area (Å²) in [5.74, 6) is -1.77. The minimum atomic E-state index is -2.90. The Balaban J connectivity index is 1.71. The molecule has 7 nitrogen and oxygen atoms in total. The molecular weight excluding hydrogens is 426 g/mol. The van der Waals surface area contributed by atoms with E-state index in [9.17, 15) is 8.78 Å². The summed E-state index contributed by atoms with van der Waals surface area (Å²) in [4.78, 5) is 17.9. The lowest BCUT2D eigenvalue weighted by Gasteiger charge is -2.34. The van der Waals surface area contributed by atoms with E-state index in [-0.39, 0.29) is 11.6 Å². The minimum absolute atomic E-state index is 0.0324. The van der Waals surface area contributed by atoms with Gasteiger partial charge in [0.15, 0.2) is 5.65 Å². The number of fused-ring (bicyclic) bond motifs is 1. The van der Waals surface area contributed by atoms with Crippen molar-refractivity contribution in [3.8, 4) is 5.88 Å². The molecule has 1 atom stereocenters. The predicted molar refractivity (Wildman–Crippen MR) is 126 cm³/mol. The number of halogens is 2. The molecule has 1 fully saturated rings. The number of ether oxygens (including phenoxy) is 1. The highest BCUT2D eigenvalue weighted by atomic mass is 19.3. The van der Waals surface area contributed by atoms with Gasteiger partial charge in [-0.3, -0.25) is 0 Å². The van der Waals surface area contributed by atoms with E-state index in [4.69, 9.17) is 4.74 Å². The lowest BCUT2D eigenvalue weighted by molar-refractivity contribution is 0.0167. The van der Waals surface area contributed by atoms with Crippen LogP contribution < -0.4 is 15.0 Å². The van der Waals surface area contributed by atoms with Crippen molar-refractivity contribution in [3.63, 3.8) is 0 Å². The summed E-state index contributed by atoms with van der Waals surface area (Å²) < 4.78 is 33.7. The van der Waals surface area contributed by atoms with Gasteiger partial charge in [0, 0.05) is 38.7 Å². The summed E-state index contributed by atoms with van der Waals surface area (Å²) in [6, 6.07) is 6.76. The fraction of sp³-hybridized carbons (Fsp3) is 0.458. The number of anilines is 2. The van der Waals surface area contributed by atoms with Crippen molar-refractivity contribution in [2.45, 2.75) is 32.7 Å². The van der Waals surface area contributed by atoms with E-state index in [2.05, 4.69) is 37.1 Å². The van der Waals surface area contributed by atoms with Crippen LogP contribution in [0.15, 0.2) is 30.6 Å². The lowest BCUT2D eigenvalue weighted by atomic mass is 9.94. The first kappa shape index (κ1) is 23.1. The minimum Gasteiger partial charge on any atom is -0.479 e. The van der Waals surface area contributed by atoms with Crippen LogP contribution in [0.3, 0.4) is 0 Å². The molecule has 0 bridgehead atoms. The molecule has 1 N–H and O–H groups in total. The third kappa shape index (κ3) is 4.68. The molecule has 0 radical (unpaired) electrons. The maximum Gasteiger partial charge on any atom is 0.270 e. The van der Waals surface area contributed by atoms with E-state index in [0.29, 0.717) is 22.9 Å². The summed E-state index contributed by atoms with van der Waals surface area (Å²) >= 11 is 0. The van der Waals surface area contributed by atoms with Gasteiger partial charge in [0.05, 0.1) is 18.5 Å². The Bertz CT molecular complexity index is 1140. The maximum absolute atomic E-state index is 14.0. The number of nitrogens with one attached hydrogen (secondary N) is 1. The van der Waals surface area contributed by atoms with Gasteiger partial charge in [-0.15, -0.1) is 0 Å². The number of likely N-dealkylation sites (N-methyl/N-ethyl adjacent to an activating group) is 1. The van der Waals surface area contributed by atoms with Crippen LogP contribution in [0.25, 0.3) is 11.0 Å². The van der Waals surface area contributed by atoms with E-state index < -0.39 is 5.92 Å². The Morgan fingerprint density at radius 1 is 1.15 bits per heavy atom. The molecule has 0 spiro atoms. The second kappa shape index (κ2) is 9.05. The molecule has 0 saturated carbocycles. The summed E-state index contributed by atoms with van der Waals surface area (Å²) in [6.45, 7) is 8.23. The number of hydrogen-bond acceptors (Lipinski definition) is 7.